The summed E-state index contributed by atoms with van der Waals surface area (Å²) in [5.41, 5.74) is 8.89. The molecule has 0 N–H and O–H groups in total. The maximum Gasteiger partial charge on any atom is 0.123 e. The third-order valence-electron chi connectivity index (χ3n) is 6.08. The van der Waals surface area contributed by atoms with E-state index in [1.54, 1.807) is 23.5 Å². The minimum absolute atomic E-state index is 0.0181. The van der Waals surface area contributed by atoms with E-state index in [9.17, 15) is 4.39 Å². The van der Waals surface area contributed by atoms with Crippen LogP contribution in [0, 0.1) is 5.82 Å². The Morgan fingerprint density at radius 2 is 1.84 bits per heavy atom. The minimum Gasteiger partial charge on any atom is -0.368 e. The van der Waals surface area contributed by atoms with Crippen molar-refractivity contribution in [1.29, 1.82) is 0 Å². The van der Waals surface area contributed by atoms with Crippen molar-refractivity contribution < 1.29 is 9.13 Å². The zero-order chi connectivity index (χ0) is 21.4. The molecule has 5 rings (SSSR count). The van der Waals surface area contributed by atoms with E-state index in [2.05, 4.69) is 60.4 Å². The lowest BCUT2D eigenvalue weighted by Gasteiger charge is -2.26. The van der Waals surface area contributed by atoms with Gasteiger partial charge in [0.05, 0.1) is 28.4 Å². The second kappa shape index (κ2) is 8.50. The summed E-state index contributed by atoms with van der Waals surface area (Å²) in [7, 11) is 4.16. The highest BCUT2D eigenvalue weighted by Gasteiger charge is 2.32. The number of aromatic nitrogens is 1. The summed E-state index contributed by atoms with van der Waals surface area (Å²) in [6, 6.07) is 20.0. The van der Waals surface area contributed by atoms with Gasteiger partial charge >= 0.3 is 0 Å². The average molecular weight is 433 g/mol. The quantitative estimate of drug-likeness (QED) is 0.352. The first-order valence-corrected chi connectivity index (χ1v) is 11.4. The first-order chi connectivity index (χ1) is 15.1. The van der Waals surface area contributed by atoms with Gasteiger partial charge in [0, 0.05) is 5.92 Å². The number of fused-ring (bicyclic) bond motifs is 2. The molecule has 1 aliphatic rings. The molecular formula is C26H25FN2OS. The lowest BCUT2D eigenvalue weighted by molar-refractivity contribution is 0.0420. The maximum absolute atomic E-state index is 13.5. The second-order valence-corrected chi connectivity index (χ2v) is 9.32. The fourth-order valence-corrected chi connectivity index (χ4v) is 5.09. The van der Waals surface area contributed by atoms with Gasteiger partial charge in [-0.2, -0.15) is 0 Å². The predicted molar refractivity (Wildman–Crippen MR) is 125 cm³/mol. The molecule has 1 aliphatic heterocycles. The summed E-state index contributed by atoms with van der Waals surface area (Å²) < 4.78 is 21.1. The third kappa shape index (κ3) is 4.13. The smallest absolute Gasteiger partial charge is 0.123 e. The van der Waals surface area contributed by atoms with Gasteiger partial charge in [-0.25, -0.2) is 9.37 Å². The van der Waals surface area contributed by atoms with Crippen LogP contribution in [0.2, 0.25) is 0 Å². The van der Waals surface area contributed by atoms with Gasteiger partial charge in [0.25, 0.3) is 0 Å². The van der Waals surface area contributed by atoms with Gasteiger partial charge in [0.2, 0.25) is 0 Å². The van der Waals surface area contributed by atoms with Crippen LogP contribution in [0.3, 0.4) is 0 Å². The highest BCUT2D eigenvalue weighted by Crippen LogP contribution is 2.44. The van der Waals surface area contributed by atoms with E-state index < -0.39 is 0 Å². The molecule has 2 atom stereocenters. The summed E-state index contributed by atoms with van der Waals surface area (Å²) >= 11 is 1.66. The van der Waals surface area contributed by atoms with E-state index in [-0.39, 0.29) is 17.8 Å². The van der Waals surface area contributed by atoms with Crippen molar-refractivity contribution in [2.45, 2.75) is 25.0 Å². The Hall–Kier alpha value is -2.60. The van der Waals surface area contributed by atoms with Crippen LogP contribution < -0.4 is 0 Å². The maximum atomic E-state index is 13.5. The molecule has 5 heteroatoms. The molecule has 0 saturated heterocycles. The van der Waals surface area contributed by atoms with Crippen LogP contribution in [-0.2, 0) is 11.3 Å². The fraction of sp³-hybridized carbons (Fsp3) is 0.269. The summed E-state index contributed by atoms with van der Waals surface area (Å²) in [4.78, 5) is 6.63. The van der Waals surface area contributed by atoms with Crippen LogP contribution in [0.1, 0.15) is 35.1 Å². The van der Waals surface area contributed by atoms with Gasteiger partial charge in [-0.3, -0.25) is 0 Å². The highest BCUT2D eigenvalue weighted by molar-refractivity contribution is 7.16. The van der Waals surface area contributed by atoms with Gasteiger partial charge in [0.1, 0.15) is 5.82 Å². The molecule has 0 aliphatic carbocycles. The molecule has 3 nitrogen and oxygen atoms in total. The van der Waals surface area contributed by atoms with Crippen LogP contribution >= 0.6 is 11.3 Å². The van der Waals surface area contributed by atoms with E-state index in [1.165, 1.54) is 27.0 Å². The van der Waals surface area contributed by atoms with Gasteiger partial charge in [-0.1, -0.05) is 30.3 Å². The van der Waals surface area contributed by atoms with E-state index >= 15 is 0 Å². The van der Waals surface area contributed by atoms with Crippen molar-refractivity contribution in [3.63, 3.8) is 0 Å². The Bertz CT molecular complexity index is 1200. The third-order valence-corrected chi connectivity index (χ3v) is 6.89. The van der Waals surface area contributed by atoms with Crippen molar-refractivity contribution in [1.82, 2.24) is 9.88 Å². The predicted octanol–water partition coefficient (Wildman–Crippen LogP) is 6.41. The number of benzene rings is 3. The Labute approximate surface area is 186 Å². The molecule has 0 radical (unpaired) electrons. The van der Waals surface area contributed by atoms with Gasteiger partial charge in [-0.05, 0) is 85.2 Å². The molecular weight excluding hydrogens is 407 g/mol. The Kier molecular flexibility index (Phi) is 5.57. The SMILES string of the molecule is CN(C)CCC(c1ccc(F)cc1)C1OCc2cc(-c3ccc4scnc4c3)ccc21. The van der Waals surface area contributed by atoms with E-state index in [4.69, 9.17) is 4.74 Å². The highest BCUT2D eigenvalue weighted by atomic mass is 32.1. The van der Waals surface area contributed by atoms with Gasteiger partial charge in [0.15, 0.2) is 0 Å². The van der Waals surface area contributed by atoms with Crippen molar-refractivity contribution in [2.24, 2.45) is 0 Å². The van der Waals surface area contributed by atoms with E-state index in [0.717, 1.165) is 24.0 Å². The lowest BCUT2D eigenvalue weighted by atomic mass is 9.85. The summed E-state index contributed by atoms with van der Waals surface area (Å²) in [5, 5.41) is 0. The van der Waals surface area contributed by atoms with Gasteiger partial charge in [-0.15, -0.1) is 11.3 Å². The molecule has 1 aromatic heterocycles. The number of ether oxygens (including phenoxy) is 1. The monoisotopic (exact) mass is 432 g/mol. The molecule has 0 saturated carbocycles. The first-order valence-electron chi connectivity index (χ1n) is 10.6. The van der Waals surface area contributed by atoms with E-state index in [0.29, 0.717) is 6.61 Å². The standard InChI is InChI=1S/C26H25FN2OS/c1-29(2)12-11-23(17-3-7-21(27)8-4-17)26-22-9-5-18(13-20(22)15-30-26)19-6-10-25-24(14-19)28-16-31-25/h3-10,13-14,16,23,26H,11-12,15H2,1-2H3. The number of nitrogens with zero attached hydrogens (tertiary/aromatic N) is 2. The summed E-state index contributed by atoms with van der Waals surface area (Å²) in [6.07, 6.45) is 0.931. The second-order valence-electron chi connectivity index (χ2n) is 8.43. The Morgan fingerprint density at radius 3 is 2.65 bits per heavy atom. The van der Waals surface area contributed by atoms with E-state index in [1.807, 2.05) is 17.6 Å². The number of hydrogen-bond donors (Lipinski definition) is 0. The number of rotatable bonds is 6. The van der Waals surface area contributed by atoms with Gasteiger partial charge < -0.3 is 9.64 Å². The van der Waals surface area contributed by atoms with Crippen molar-refractivity contribution in [2.75, 3.05) is 20.6 Å². The van der Waals surface area contributed by atoms with Crippen LogP contribution in [0.15, 0.2) is 66.2 Å². The van der Waals surface area contributed by atoms with Crippen LogP contribution in [0.25, 0.3) is 21.3 Å². The summed E-state index contributed by atoms with van der Waals surface area (Å²) in [6.45, 7) is 1.55. The molecule has 158 valence electrons. The first kappa shape index (κ1) is 20.3. The van der Waals surface area contributed by atoms with Crippen molar-refractivity contribution in [3.8, 4) is 11.1 Å². The summed E-state index contributed by atoms with van der Waals surface area (Å²) in [5.74, 6) is -0.0222. The Morgan fingerprint density at radius 1 is 1.06 bits per heavy atom. The molecule has 2 unspecified atom stereocenters. The Balaban J connectivity index is 1.46. The molecule has 3 aromatic carbocycles. The molecule has 0 spiro atoms. The molecule has 4 aromatic rings. The molecule has 2 heterocycles. The van der Waals surface area contributed by atoms with Crippen LogP contribution in [-0.4, -0.2) is 30.5 Å². The zero-order valence-electron chi connectivity index (χ0n) is 17.7. The number of halogens is 1. The largest absolute Gasteiger partial charge is 0.368 e. The van der Waals surface area contributed by atoms with Crippen molar-refractivity contribution in [3.05, 3.63) is 88.7 Å². The molecule has 0 fully saturated rings. The zero-order valence-corrected chi connectivity index (χ0v) is 18.5. The fourth-order valence-electron chi connectivity index (χ4n) is 4.43. The number of thiazole rings is 1. The molecule has 31 heavy (non-hydrogen) atoms. The molecule has 0 amide bonds. The minimum atomic E-state index is -0.204. The lowest BCUT2D eigenvalue weighted by Crippen LogP contribution is -2.19. The topological polar surface area (TPSA) is 25.4 Å². The number of hydrogen-bond acceptors (Lipinski definition) is 4. The average Bonchev–Trinajstić information content (AvgIpc) is 3.41. The van der Waals surface area contributed by atoms with Crippen molar-refractivity contribution >= 4 is 21.6 Å². The normalized spacial score (nSPS) is 16.7. The molecule has 0 bridgehead atoms. The van der Waals surface area contributed by atoms with Crippen LogP contribution in [0.5, 0.6) is 0 Å². The van der Waals surface area contributed by atoms with Crippen LogP contribution in [0.4, 0.5) is 4.39 Å².